The summed E-state index contributed by atoms with van der Waals surface area (Å²) in [6.07, 6.45) is -0.852. The molecule has 5 heteroatoms. The van der Waals surface area contributed by atoms with Gasteiger partial charge < -0.3 is 0 Å². The molecule has 3 aromatic carbocycles. The fourth-order valence-corrected chi connectivity index (χ4v) is 4.56. The molecular formula is C27H26N2O3. The summed E-state index contributed by atoms with van der Waals surface area (Å²) in [5.41, 5.74) is 3.58. The topological polar surface area (TPSA) is 49.9 Å². The Bertz CT molecular complexity index is 1140. The molecule has 32 heavy (non-hydrogen) atoms. The summed E-state index contributed by atoms with van der Waals surface area (Å²) >= 11 is 0. The minimum atomic E-state index is -0.852. The first-order valence-corrected chi connectivity index (χ1v) is 10.9. The lowest BCUT2D eigenvalue weighted by atomic mass is 9.84. The Morgan fingerprint density at radius 3 is 1.84 bits per heavy atom. The fraction of sp³-hybridized carbons (Fsp3) is 0.259. The lowest BCUT2D eigenvalue weighted by molar-refractivity contribution is -0.126. The van der Waals surface area contributed by atoms with Crippen molar-refractivity contribution in [2.24, 2.45) is 5.92 Å². The van der Waals surface area contributed by atoms with Crippen LogP contribution in [0.4, 0.5) is 11.4 Å². The number of amides is 2. The van der Waals surface area contributed by atoms with Crippen molar-refractivity contribution in [2.45, 2.75) is 38.3 Å². The molecule has 0 aliphatic carbocycles. The number of benzene rings is 3. The van der Waals surface area contributed by atoms with E-state index in [0.717, 1.165) is 11.3 Å². The molecule has 0 spiro atoms. The maximum Gasteiger partial charge on any atom is 0.266 e. The van der Waals surface area contributed by atoms with Crippen LogP contribution < -0.4 is 9.96 Å². The van der Waals surface area contributed by atoms with Crippen LogP contribution in [0, 0.1) is 5.92 Å². The third-order valence-electron chi connectivity index (χ3n) is 6.26. The van der Waals surface area contributed by atoms with Crippen molar-refractivity contribution in [2.75, 3.05) is 9.96 Å². The lowest BCUT2D eigenvalue weighted by Crippen LogP contribution is -2.37. The normalized spacial score (nSPS) is 23.0. The molecule has 5 rings (SSSR count). The summed E-state index contributed by atoms with van der Waals surface area (Å²) in [4.78, 5) is 34.3. The molecule has 2 aliphatic heterocycles. The molecule has 3 aromatic rings. The molecular weight excluding hydrogens is 400 g/mol. The lowest BCUT2D eigenvalue weighted by Gasteiger charge is -2.29. The number of para-hydroxylation sites is 2. The van der Waals surface area contributed by atoms with Crippen molar-refractivity contribution in [3.63, 3.8) is 0 Å². The Morgan fingerprint density at radius 1 is 0.719 bits per heavy atom. The summed E-state index contributed by atoms with van der Waals surface area (Å²) in [6, 6.07) is 26.6. The van der Waals surface area contributed by atoms with Crippen LogP contribution in [0.3, 0.4) is 0 Å². The first-order chi connectivity index (χ1) is 15.4. The number of fused-ring (bicyclic) bond motifs is 1. The second-order valence-corrected chi connectivity index (χ2v) is 9.38. The Morgan fingerprint density at radius 2 is 1.28 bits per heavy atom. The van der Waals surface area contributed by atoms with Gasteiger partial charge in [-0.2, -0.15) is 0 Å². The number of hydrogen-bond acceptors (Lipinski definition) is 4. The summed E-state index contributed by atoms with van der Waals surface area (Å²) in [5, 5.41) is 1.74. The van der Waals surface area contributed by atoms with Crippen molar-refractivity contribution in [3.8, 4) is 0 Å². The maximum absolute atomic E-state index is 13.6. The Kier molecular flexibility index (Phi) is 4.86. The van der Waals surface area contributed by atoms with E-state index >= 15 is 0 Å². The van der Waals surface area contributed by atoms with Gasteiger partial charge in [0.05, 0.1) is 17.4 Å². The Labute approximate surface area is 188 Å². The van der Waals surface area contributed by atoms with E-state index in [4.69, 9.17) is 4.84 Å². The number of hydroxylamine groups is 1. The monoisotopic (exact) mass is 426 g/mol. The van der Waals surface area contributed by atoms with Crippen molar-refractivity contribution in [1.29, 1.82) is 0 Å². The SMILES string of the molecule is CC(C)(C)c1ccc([C@@H]2[C@@H]3C(=O)N(c4ccccc4)C(=O)[C@H]3ON2c2ccccc2)cc1. The van der Waals surface area contributed by atoms with Crippen molar-refractivity contribution >= 4 is 23.2 Å². The van der Waals surface area contributed by atoms with Crippen LogP contribution in [-0.4, -0.2) is 17.9 Å². The van der Waals surface area contributed by atoms with E-state index in [2.05, 4.69) is 45.0 Å². The smallest absolute Gasteiger partial charge is 0.266 e. The van der Waals surface area contributed by atoms with Gasteiger partial charge in [0, 0.05) is 0 Å². The van der Waals surface area contributed by atoms with Gasteiger partial charge in [-0.25, -0.2) is 9.96 Å². The van der Waals surface area contributed by atoms with Crippen LogP contribution in [0.15, 0.2) is 84.9 Å². The average molecular weight is 427 g/mol. The highest BCUT2D eigenvalue weighted by Gasteiger charge is 2.60. The number of rotatable bonds is 3. The molecule has 3 atom stereocenters. The summed E-state index contributed by atoms with van der Waals surface area (Å²) in [6.45, 7) is 6.51. The molecule has 2 saturated heterocycles. The molecule has 2 aliphatic rings. The van der Waals surface area contributed by atoms with Gasteiger partial charge in [-0.05, 0) is 40.8 Å². The van der Waals surface area contributed by atoms with Crippen molar-refractivity contribution < 1.29 is 14.4 Å². The van der Waals surface area contributed by atoms with Crippen LogP contribution in [0.5, 0.6) is 0 Å². The van der Waals surface area contributed by atoms with Gasteiger partial charge in [0.15, 0.2) is 6.10 Å². The number of imide groups is 1. The third kappa shape index (κ3) is 3.30. The molecule has 0 unspecified atom stereocenters. The second-order valence-electron chi connectivity index (χ2n) is 9.38. The third-order valence-corrected chi connectivity index (χ3v) is 6.26. The number of hydrogen-bond donors (Lipinski definition) is 0. The number of carbonyl (C=O) groups is 2. The van der Waals surface area contributed by atoms with Gasteiger partial charge in [-0.1, -0.05) is 81.4 Å². The minimum absolute atomic E-state index is 0.0234. The van der Waals surface area contributed by atoms with E-state index in [0.29, 0.717) is 5.69 Å². The zero-order chi connectivity index (χ0) is 22.5. The number of nitrogens with zero attached hydrogens (tertiary/aromatic N) is 2. The highest BCUT2D eigenvalue weighted by Crippen LogP contribution is 2.47. The molecule has 162 valence electrons. The standard InChI is InChI=1S/C27H26N2O3/c1-27(2,3)19-16-14-18(15-17-19)23-22-24(32-29(23)21-12-8-5-9-13-21)26(31)28(25(22)30)20-10-6-4-7-11-20/h4-17,22-24H,1-3H3/t22-,23+,24-/m0/s1. The predicted molar refractivity (Wildman–Crippen MR) is 124 cm³/mol. The van der Waals surface area contributed by atoms with Gasteiger partial charge in [-0.3, -0.25) is 14.4 Å². The van der Waals surface area contributed by atoms with Gasteiger partial charge in [0.1, 0.15) is 5.92 Å². The molecule has 5 nitrogen and oxygen atoms in total. The molecule has 2 fully saturated rings. The molecule has 2 heterocycles. The van der Waals surface area contributed by atoms with Crippen LogP contribution in [0.25, 0.3) is 0 Å². The maximum atomic E-state index is 13.6. The van der Waals surface area contributed by atoms with Crippen molar-refractivity contribution in [1.82, 2.24) is 0 Å². The first kappa shape index (κ1) is 20.5. The van der Waals surface area contributed by atoms with E-state index in [1.807, 2.05) is 48.5 Å². The molecule has 0 saturated carbocycles. The molecule has 0 aromatic heterocycles. The highest BCUT2D eigenvalue weighted by molar-refractivity contribution is 6.23. The van der Waals surface area contributed by atoms with E-state index in [1.54, 1.807) is 17.2 Å². The zero-order valence-electron chi connectivity index (χ0n) is 18.4. The van der Waals surface area contributed by atoms with Crippen LogP contribution in [0.1, 0.15) is 37.9 Å². The van der Waals surface area contributed by atoms with E-state index in [1.165, 1.54) is 10.5 Å². The van der Waals surface area contributed by atoms with Crippen LogP contribution >= 0.6 is 0 Å². The van der Waals surface area contributed by atoms with E-state index in [9.17, 15) is 9.59 Å². The zero-order valence-corrected chi connectivity index (χ0v) is 18.4. The quantitative estimate of drug-likeness (QED) is 0.551. The Balaban J connectivity index is 1.57. The van der Waals surface area contributed by atoms with Gasteiger partial charge in [0.25, 0.3) is 5.91 Å². The second kappa shape index (κ2) is 7.61. The summed E-state index contributed by atoms with van der Waals surface area (Å²) < 4.78 is 0. The van der Waals surface area contributed by atoms with Gasteiger partial charge in [0.2, 0.25) is 5.91 Å². The Hall–Kier alpha value is -3.44. The average Bonchev–Trinajstić information content (AvgIpc) is 3.30. The summed E-state index contributed by atoms with van der Waals surface area (Å²) in [7, 11) is 0. The minimum Gasteiger partial charge on any atom is -0.273 e. The largest absolute Gasteiger partial charge is 0.273 e. The van der Waals surface area contributed by atoms with Crippen LogP contribution in [-0.2, 0) is 19.8 Å². The van der Waals surface area contributed by atoms with Gasteiger partial charge >= 0.3 is 0 Å². The number of carbonyl (C=O) groups excluding carboxylic acids is 2. The molecule has 0 bridgehead atoms. The van der Waals surface area contributed by atoms with Crippen molar-refractivity contribution in [3.05, 3.63) is 96.1 Å². The van der Waals surface area contributed by atoms with E-state index in [-0.39, 0.29) is 17.2 Å². The molecule has 0 N–H and O–H groups in total. The number of anilines is 2. The van der Waals surface area contributed by atoms with Crippen LogP contribution in [0.2, 0.25) is 0 Å². The van der Waals surface area contributed by atoms with E-state index < -0.39 is 18.1 Å². The predicted octanol–water partition coefficient (Wildman–Crippen LogP) is 5.04. The fourth-order valence-electron chi connectivity index (χ4n) is 4.56. The highest BCUT2D eigenvalue weighted by atomic mass is 16.7. The molecule has 2 amide bonds. The summed E-state index contributed by atoms with van der Waals surface area (Å²) in [5.74, 6) is -1.17. The first-order valence-electron chi connectivity index (χ1n) is 10.9. The molecule has 0 radical (unpaired) electrons. The van der Waals surface area contributed by atoms with Gasteiger partial charge in [-0.15, -0.1) is 0 Å².